The second-order valence-electron chi connectivity index (χ2n) is 6.45. The van der Waals surface area contributed by atoms with Crippen LogP contribution in [0.4, 0.5) is 5.69 Å². The lowest BCUT2D eigenvalue weighted by Gasteiger charge is -2.17. The van der Waals surface area contributed by atoms with Crippen LogP contribution in [0.2, 0.25) is 10.0 Å². The van der Waals surface area contributed by atoms with Crippen LogP contribution in [0.1, 0.15) is 35.0 Å². The van der Waals surface area contributed by atoms with Gasteiger partial charge in [0.1, 0.15) is 0 Å². The van der Waals surface area contributed by atoms with Gasteiger partial charge in [0.25, 0.3) is 0 Å². The van der Waals surface area contributed by atoms with E-state index in [0.29, 0.717) is 10.0 Å². The maximum Gasteiger partial charge on any atom is 0.0645 e. The molecule has 134 valence electrons. The van der Waals surface area contributed by atoms with Crippen LogP contribution in [0.3, 0.4) is 0 Å². The first kappa shape index (κ1) is 18.8. The highest BCUT2D eigenvalue weighted by Crippen LogP contribution is 2.28. The molecule has 0 aliphatic rings. The summed E-state index contributed by atoms with van der Waals surface area (Å²) in [5.74, 6) is 0. The first-order chi connectivity index (χ1) is 12.4. The van der Waals surface area contributed by atoms with Crippen molar-refractivity contribution in [3.05, 3.63) is 80.6 Å². The van der Waals surface area contributed by atoms with Gasteiger partial charge < -0.3 is 4.57 Å². The first-order valence-electron chi connectivity index (χ1n) is 8.69. The fraction of sp³-hybridized carbons (Fsp3) is 0.227. The second kappa shape index (κ2) is 7.69. The van der Waals surface area contributed by atoms with E-state index in [-0.39, 0.29) is 0 Å². The Hall–Kier alpha value is -2.03. The second-order valence-corrected chi connectivity index (χ2v) is 7.27. The number of aliphatic imine (C=N–C) groups is 1. The molecule has 0 fully saturated rings. The quantitative estimate of drug-likeness (QED) is 0.429. The first-order valence-corrected chi connectivity index (χ1v) is 9.45. The van der Waals surface area contributed by atoms with E-state index in [1.165, 1.54) is 28.2 Å². The zero-order chi connectivity index (χ0) is 18.8. The molecule has 0 radical (unpaired) electrons. The van der Waals surface area contributed by atoms with Gasteiger partial charge in [-0.15, -0.1) is 0 Å². The third-order valence-electron chi connectivity index (χ3n) is 4.65. The molecule has 3 aromatic rings. The Kier molecular flexibility index (Phi) is 5.55. The molecule has 0 aliphatic carbocycles. The van der Waals surface area contributed by atoms with Gasteiger partial charge in [-0.05, 0) is 62.6 Å². The van der Waals surface area contributed by atoms with Gasteiger partial charge in [-0.3, -0.25) is 4.99 Å². The molecule has 4 heteroatoms. The van der Waals surface area contributed by atoms with Gasteiger partial charge in [-0.25, -0.2) is 0 Å². The Morgan fingerprint density at radius 3 is 2.46 bits per heavy atom. The number of aromatic nitrogens is 1. The molecule has 0 atom stereocenters. The minimum absolute atomic E-state index is 0.513. The lowest BCUT2D eigenvalue weighted by molar-refractivity contribution is 0.926. The van der Waals surface area contributed by atoms with E-state index in [0.717, 1.165) is 17.7 Å². The van der Waals surface area contributed by atoms with Crippen molar-refractivity contribution in [3.8, 4) is 5.69 Å². The van der Waals surface area contributed by atoms with Crippen LogP contribution in [0.15, 0.2) is 47.5 Å². The molecular formula is C22H22Cl2N2. The van der Waals surface area contributed by atoms with E-state index in [1.807, 2.05) is 12.3 Å². The summed E-state index contributed by atoms with van der Waals surface area (Å²) in [7, 11) is 0. The minimum Gasteiger partial charge on any atom is -0.317 e. The third kappa shape index (κ3) is 3.58. The van der Waals surface area contributed by atoms with Crippen molar-refractivity contribution in [2.75, 3.05) is 0 Å². The summed E-state index contributed by atoms with van der Waals surface area (Å²) in [6.07, 6.45) is 2.89. The molecule has 2 nitrogen and oxygen atoms in total. The van der Waals surface area contributed by atoms with Gasteiger partial charge >= 0.3 is 0 Å². The van der Waals surface area contributed by atoms with Gasteiger partial charge in [0.05, 0.1) is 21.4 Å². The fourth-order valence-electron chi connectivity index (χ4n) is 3.30. The number of nitrogens with zero attached hydrogens (tertiary/aromatic N) is 2. The molecule has 26 heavy (non-hydrogen) atoms. The number of benzene rings is 2. The van der Waals surface area contributed by atoms with Crippen LogP contribution in [0.25, 0.3) is 5.69 Å². The number of halogens is 2. The molecule has 0 aliphatic heterocycles. The molecule has 0 spiro atoms. The highest BCUT2D eigenvalue weighted by atomic mass is 35.5. The van der Waals surface area contributed by atoms with Gasteiger partial charge in [-0.1, -0.05) is 48.3 Å². The van der Waals surface area contributed by atoms with E-state index >= 15 is 0 Å². The van der Waals surface area contributed by atoms with Gasteiger partial charge in [0.15, 0.2) is 0 Å². The van der Waals surface area contributed by atoms with Crippen LogP contribution in [0.5, 0.6) is 0 Å². The van der Waals surface area contributed by atoms with E-state index in [2.05, 4.69) is 61.5 Å². The number of hydrogen-bond donors (Lipinski definition) is 0. The van der Waals surface area contributed by atoms with Crippen molar-refractivity contribution < 1.29 is 0 Å². The van der Waals surface area contributed by atoms with Gasteiger partial charge in [0, 0.05) is 23.2 Å². The normalized spacial score (nSPS) is 11.5. The summed E-state index contributed by atoms with van der Waals surface area (Å²) in [5.41, 5.74) is 8.16. The largest absolute Gasteiger partial charge is 0.317 e. The van der Waals surface area contributed by atoms with Gasteiger partial charge in [0.2, 0.25) is 0 Å². The van der Waals surface area contributed by atoms with E-state index in [9.17, 15) is 0 Å². The monoisotopic (exact) mass is 384 g/mol. The SMILES string of the molecule is CCc1cccc(C)c1-n1c(C)cc(C=Nc2ccc(Cl)c(Cl)c2)c1C. The molecule has 0 saturated heterocycles. The maximum atomic E-state index is 6.08. The summed E-state index contributed by atoms with van der Waals surface area (Å²) in [6.45, 7) is 8.63. The smallest absolute Gasteiger partial charge is 0.0645 e. The minimum atomic E-state index is 0.513. The molecule has 1 aromatic heterocycles. The Balaban J connectivity index is 2.04. The van der Waals surface area contributed by atoms with E-state index in [4.69, 9.17) is 23.2 Å². The predicted molar refractivity (Wildman–Crippen MR) is 113 cm³/mol. The standard InChI is InChI=1S/C22H22Cl2N2/c1-5-17-8-6-7-14(2)22(17)26-15(3)11-18(16(26)4)13-25-19-9-10-20(23)21(24)12-19/h6-13H,5H2,1-4H3. The molecule has 3 rings (SSSR count). The summed E-state index contributed by atoms with van der Waals surface area (Å²) in [5, 5.41) is 1.05. The maximum absolute atomic E-state index is 6.08. The van der Waals surface area contributed by atoms with E-state index < -0.39 is 0 Å². The molecular weight excluding hydrogens is 363 g/mol. The molecule has 0 unspecified atom stereocenters. The molecule has 0 bridgehead atoms. The zero-order valence-electron chi connectivity index (χ0n) is 15.5. The number of para-hydroxylation sites is 1. The summed E-state index contributed by atoms with van der Waals surface area (Å²) in [6, 6.07) is 14.1. The number of aryl methyl sites for hydroxylation is 3. The van der Waals surface area contributed by atoms with Crippen LogP contribution < -0.4 is 0 Å². The average molecular weight is 385 g/mol. The van der Waals surface area contributed by atoms with Crippen LogP contribution in [-0.4, -0.2) is 10.8 Å². The van der Waals surface area contributed by atoms with Crippen molar-refractivity contribution in [1.82, 2.24) is 4.57 Å². The fourth-order valence-corrected chi connectivity index (χ4v) is 3.59. The summed E-state index contributed by atoms with van der Waals surface area (Å²) >= 11 is 12.0. The van der Waals surface area contributed by atoms with Crippen molar-refractivity contribution in [2.24, 2.45) is 4.99 Å². The van der Waals surface area contributed by atoms with Crippen LogP contribution in [0, 0.1) is 20.8 Å². The van der Waals surface area contributed by atoms with Crippen molar-refractivity contribution in [1.29, 1.82) is 0 Å². The molecule has 1 heterocycles. The van der Waals surface area contributed by atoms with Gasteiger partial charge in [-0.2, -0.15) is 0 Å². The lowest BCUT2D eigenvalue weighted by atomic mass is 10.1. The molecule has 0 saturated carbocycles. The predicted octanol–water partition coefficient (Wildman–Crippen LogP) is 7.02. The Bertz CT molecular complexity index is 984. The molecule has 2 aromatic carbocycles. The van der Waals surface area contributed by atoms with E-state index in [1.54, 1.807) is 12.1 Å². The Morgan fingerprint density at radius 1 is 1.00 bits per heavy atom. The average Bonchev–Trinajstić information content (AvgIpc) is 2.89. The molecule has 0 amide bonds. The van der Waals surface area contributed by atoms with Crippen molar-refractivity contribution in [3.63, 3.8) is 0 Å². The number of hydrogen-bond acceptors (Lipinski definition) is 1. The summed E-state index contributed by atoms with van der Waals surface area (Å²) in [4.78, 5) is 4.57. The van der Waals surface area contributed by atoms with Crippen molar-refractivity contribution in [2.45, 2.75) is 34.1 Å². The topological polar surface area (TPSA) is 17.3 Å². The lowest BCUT2D eigenvalue weighted by Crippen LogP contribution is -2.05. The number of rotatable bonds is 4. The highest BCUT2D eigenvalue weighted by Gasteiger charge is 2.14. The van der Waals surface area contributed by atoms with Crippen molar-refractivity contribution >= 4 is 35.1 Å². The Labute approximate surface area is 165 Å². The van der Waals surface area contributed by atoms with Crippen LogP contribution in [-0.2, 0) is 6.42 Å². The zero-order valence-corrected chi connectivity index (χ0v) is 17.0. The highest BCUT2D eigenvalue weighted by molar-refractivity contribution is 6.42. The summed E-state index contributed by atoms with van der Waals surface area (Å²) < 4.78 is 2.32. The van der Waals surface area contributed by atoms with Crippen LogP contribution >= 0.6 is 23.2 Å². The Morgan fingerprint density at radius 2 is 1.77 bits per heavy atom. The third-order valence-corrected chi connectivity index (χ3v) is 5.39. The molecule has 0 N–H and O–H groups in total.